The average molecular weight is 491 g/mol. The molecule has 3 amide bonds. The molecule has 14 nitrogen and oxygen atoms in total. The van der Waals surface area contributed by atoms with Crippen LogP contribution in [-0.4, -0.2) is 86.3 Å². The van der Waals surface area contributed by atoms with Crippen molar-refractivity contribution >= 4 is 35.6 Å². The van der Waals surface area contributed by atoms with E-state index in [1.54, 1.807) is 13.8 Å². The summed E-state index contributed by atoms with van der Waals surface area (Å²) in [4.78, 5) is 70.5. The van der Waals surface area contributed by atoms with E-state index in [2.05, 4.69) is 16.0 Å². The maximum absolute atomic E-state index is 12.7. The molecule has 0 fully saturated rings. The Morgan fingerprint density at radius 1 is 0.735 bits per heavy atom. The molecule has 5 unspecified atom stereocenters. The number of carboxylic acids is 3. The molecule has 0 spiro atoms. The highest BCUT2D eigenvalue weighted by atomic mass is 16.4. The second-order valence-corrected chi connectivity index (χ2v) is 8.29. The summed E-state index contributed by atoms with van der Waals surface area (Å²) < 4.78 is 0. The number of aliphatic carboxylic acids is 3. The lowest BCUT2D eigenvalue weighted by atomic mass is 10.0. The number of rotatable bonds is 16. The number of carboxylic acid groups (broad SMARTS) is 3. The first-order chi connectivity index (χ1) is 15.6. The Hall–Kier alpha value is -3.26. The van der Waals surface area contributed by atoms with Crippen molar-refractivity contribution in [3.63, 3.8) is 0 Å². The van der Waals surface area contributed by atoms with E-state index < -0.39 is 85.2 Å². The lowest BCUT2D eigenvalue weighted by Crippen LogP contribution is -2.60. The molecule has 0 bridgehead atoms. The van der Waals surface area contributed by atoms with Gasteiger partial charge in [-0.2, -0.15) is 0 Å². The van der Waals surface area contributed by atoms with Crippen molar-refractivity contribution in [1.82, 2.24) is 16.0 Å². The molecule has 0 saturated carbocycles. The molecule has 0 rings (SSSR count). The molecule has 0 aliphatic heterocycles. The number of amides is 3. The third kappa shape index (κ3) is 12.1. The van der Waals surface area contributed by atoms with Crippen LogP contribution in [0.25, 0.3) is 0 Å². The first kappa shape index (κ1) is 30.7. The van der Waals surface area contributed by atoms with Crippen LogP contribution in [0.4, 0.5) is 0 Å². The molecular formula is C20H34N4O10. The Labute approximate surface area is 196 Å². The van der Waals surface area contributed by atoms with Crippen LogP contribution in [0.3, 0.4) is 0 Å². The first-order valence-corrected chi connectivity index (χ1v) is 10.7. The van der Waals surface area contributed by atoms with E-state index in [0.717, 1.165) is 0 Å². The Balaban J connectivity index is 5.47. The predicted octanol–water partition coefficient (Wildman–Crippen LogP) is -1.99. The van der Waals surface area contributed by atoms with Crippen molar-refractivity contribution in [3.8, 4) is 0 Å². The molecule has 0 aromatic carbocycles. The number of hydrogen-bond donors (Lipinski definition) is 8. The molecule has 5 atom stereocenters. The summed E-state index contributed by atoms with van der Waals surface area (Å²) in [5.74, 6) is -6.76. The molecule has 0 heterocycles. The van der Waals surface area contributed by atoms with Crippen molar-refractivity contribution in [2.75, 3.05) is 0 Å². The highest BCUT2D eigenvalue weighted by molar-refractivity contribution is 5.94. The van der Waals surface area contributed by atoms with Crippen LogP contribution in [0, 0.1) is 5.92 Å². The number of nitrogens with one attached hydrogen (secondary N) is 3. The van der Waals surface area contributed by atoms with Gasteiger partial charge >= 0.3 is 17.9 Å². The van der Waals surface area contributed by atoms with Gasteiger partial charge in [-0.05, 0) is 32.1 Å². The zero-order valence-corrected chi connectivity index (χ0v) is 19.3. The maximum Gasteiger partial charge on any atom is 0.326 e. The molecule has 0 aromatic rings. The molecule has 194 valence electrons. The SMILES string of the molecule is CC(C)CC(NC(=O)C(NC(=O)C(CCC(=O)O)NC(=O)C(N)CCC(=O)O)C(C)O)C(=O)O. The van der Waals surface area contributed by atoms with E-state index in [1.807, 2.05) is 0 Å². The zero-order chi connectivity index (χ0) is 26.6. The van der Waals surface area contributed by atoms with Gasteiger partial charge < -0.3 is 42.1 Å². The normalized spacial score (nSPS) is 15.4. The molecule has 34 heavy (non-hydrogen) atoms. The van der Waals surface area contributed by atoms with Crippen LogP contribution in [0.2, 0.25) is 0 Å². The number of hydrogen-bond acceptors (Lipinski definition) is 8. The van der Waals surface area contributed by atoms with Gasteiger partial charge in [0.05, 0.1) is 12.1 Å². The predicted molar refractivity (Wildman–Crippen MR) is 116 cm³/mol. The minimum absolute atomic E-state index is 0.0815. The van der Waals surface area contributed by atoms with Gasteiger partial charge in [-0.1, -0.05) is 13.8 Å². The number of aliphatic hydroxyl groups is 1. The van der Waals surface area contributed by atoms with E-state index in [1.165, 1.54) is 6.92 Å². The van der Waals surface area contributed by atoms with Gasteiger partial charge in [0.25, 0.3) is 0 Å². The molecule has 9 N–H and O–H groups in total. The van der Waals surface area contributed by atoms with Gasteiger partial charge in [0.15, 0.2) is 0 Å². The monoisotopic (exact) mass is 490 g/mol. The molecular weight excluding hydrogens is 456 g/mol. The van der Waals surface area contributed by atoms with Crippen molar-refractivity contribution in [3.05, 3.63) is 0 Å². The van der Waals surface area contributed by atoms with E-state index in [9.17, 15) is 39.0 Å². The molecule has 0 aliphatic carbocycles. The smallest absolute Gasteiger partial charge is 0.326 e. The minimum Gasteiger partial charge on any atom is -0.481 e. The summed E-state index contributed by atoms with van der Waals surface area (Å²) >= 11 is 0. The summed E-state index contributed by atoms with van der Waals surface area (Å²) in [7, 11) is 0. The third-order valence-corrected chi connectivity index (χ3v) is 4.67. The Bertz CT molecular complexity index is 756. The second kappa shape index (κ2) is 14.8. The third-order valence-electron chi connectivity index (χ3n) is 4.67. The van der Waals surface area contributed by atoms with Crippen LogP contribution in [0.1, 0.15) is 52.9 Å². The van der Waals surface area contributed by atoms with Crippen molar-refractivity contribution < 1.29 is 49.2 Å². The Morgan fingerprint density at radius 2 is 1.24 bits per heavy atom. The fourth-order valence-corrected chi connectivity index (χ4v) is 2.84. The average Bonchev–Trinajstić information content (AvgIpc) is 2.71. The Morgan fingerprint density at radius 3 is 1.68 bits per heavy atom. The van der Waals surface area contributed by atoms with E-state index in [0.29, 0.717) is 0 Å². The fourth-order valence-electron chi connectivity index (χ4n) is 2.84. The zero-order valence-electron chi connectivity index (χ0n) is 19.3. The van der Waals surface area contributed by atoms with Gasteiger partial charge in [0.2, 0.25) is 17.7 Å². The molecule has 0 aliphatic rings. The molecule has 14 heteroatoms. The number of carbonyl (C=O) groups is 6. The van der Waals surface area contributed by atoms with Gasteiger partial charge in [-0.15, -0.1) is 0 Å². The van der Waals surface area contributed by atoms with E-state index in [-0.39, 0.29) is 18.8 Å². The maximum atomic E-state index is 12.7. The number of carbonyl (C=O) groups excluding carboxylic acids is 3. The number of nitrogens with two attached hydrogens (primary N) is 1. The van der Waals surface area contributed by atoms with Gasteiger partial charge in [0.1, 0.15) is 18.1 Å². The standard InChI is InChI=1S/C20H34N4O10/c1-9(2)8-13(20(33)34)23-19(32)16(10(3)25)24-18(31)12(5-7-15(28)29)22-17(30)11(21)4-6-14(26)27/h9-13,16,25H,4-8,21H2,1-3H3,(H,22,30)(H,23,32)(H,24,31)(H,26,27)(H,28,29)(H,33,34). The van der Waals surface area contributed by atoms with Crippen LogP contribution in [-0.2, 0) is 28.8 Å². The summed E-state index contributed by atoms with van der Waals surface area (Å²) in [6.45, 7) is 4.66. The Kier molecular flexibility index (Phi) is 13.4. The van der Waals surface area contributed by atoms with E-state index in [4.69, 9.17) is 15.9 Å². The van der Waals surface area contributed by atoms with Gasteiger partial charge in [0, 0.05) is 12.8 Å². The lowest BCUT2D eigenvalue weighted by Gasteiger charge is -2.26. The largest absolute Gasteiger partial charge is 0.481 e. The van der Waals surface area contributed by atoms with Crippen LogP contribution >= 0.6 is 0 Å². The van der Waals surface area contributed by atoms with Crippen LogP contribution in [0.5, 0.6) is 0 Å². The van der Waals surface area contributed by atoms with Gasteiger partial charge in [-0.25, -0.2) is 4.79 Å². The molecule has 0 radical (unpaired) electrons. The summed E-state index contributed by atoms with van der Waals surface area (Å²) in [6, 6.07) is -5.65. The highest BCUT2D eigenvalue weighted by Crippen LogP contribution is 2.07. The second-order valence-electron chi connectivity index (χ2n) is 8.29. The summed E-state index contributed by atoms with van der Waals surface area (Å²) in [5, 5.41) is 43.5. The topological polar surface area (TPSA) is 245 Å². The highest BCUT2D eigenvalue weighted by Gasteiger charge is 2.33. The van der Waals surface area contributed by atoms with Crippen LogP contribution < -0.4 is 21.7 Å². The van der Waals surface area contributed by atoms with Gasteiger partial charge in [-0.3, -0.25) is 24.0 Å². The fraction of sp³-hybridized carbons (Fsp3) is 0.700. The van der Waals surface area contributed by atoms with Crippen molar-refractivity contribution in [1.29, 1.82) is 0 Å². The lowest BCUT2D eigenvalue weighted by molar-refractivity contribution is -0.143. The van der Waals surface area contributed by atoms with Crippen molar-refractivity contribution in [2.24, 2.45) is 11.7 Å². The van der Waals surface area contributed by atoms with Crippen LogP contribution in [0.15, 0.2) is 0 Å². The van der Waals surface area contributed by atoms with E-state index >= 15 is 0 Å². The van der Waals surface area contributed by atoms with Crippen molar-refractivity contribution in [2.45, 2.75) is 83.1 Å². The summed E-state index contributed by atoms with van der Waals surface area (Å²) in [5.41, 5.74) is 5.61. The minimum atomic E-state index is -1.61. The number of aliphatic hydroxyl groups excluding tert-OH is 1. The summed E-state index contributed by atoms with van der Waals surface area (Å²) in [6.07, 6.45) is -2.95. The first-order valence-electron chi connectivity index (χ1n) is 10.7. The molecule has 0 saturated heterocycles. The quantitative estimate of drug-likeness (QED) is 0.118. The molecule has 0 aromatic heterocycles.